The third-order valence-electron chi connectivity index (χ3n) is 6.46. The predicted octanol–water partition coefficient (Wildman–Crippen LogP) is 3.24. The van der Waals surface area contributed by atoms with E-state index in [-0.39, 0.29) is 0 Å². The molecule has 5 heteroatoms. The van der Waals surface area contributed by atoms with Gasteiger partial charge in [-0.05, 0) is 78.3 Å². The first-order chi connectivity index (χ1) is 12.8. The third-order valence-corrected chi connectivity index (χ3v) is 7.19. The second-order valence-corrected chi connectivity index (χ2v) is 8.78. The molecular weight excluding hydrogens is 342 g/mol. The van der Waals surface area contributed by atoms with Crippen LogP contribution in [0.4, 0.5) is 0 Å². The van der Waals surface area contributed by atoms with Crippen LogP contribution in [0, 0.1) is 11.3 Å². The molecule has 1 atom stereocenters. The lowest BCUT2D eigenvalue weighted by molar-refractivity contribution is -0.0449. The minimum absolute atomic E-state index is 0.322. The van der Waals surface area contributed by atoms with E-state index in [0.717, 1.165) is 39.3 Å². The molecule has 4 rings (SSSR count). The average Bonchev–Trinajstić information content (AvgIpc) is 3.19. The Morgan fingerprint density at radius 2 is 1.85 bits per heavy atom. The van der Waals surface area contributed by atoms with Crippen molar-refractivity contribution in [3.63, 3.8) is 0 Å². The van der Waals surface area contributed by atoms with Crippen molar-refractivity contribution in [1.82, 2.24) is 14.8 Å². The van der Waals surface area contributed by atoms with Gasteiger partial charge in [0.1, 0.15) is 0 Å². The number of aromatic nitrogens is 1. The van der Waals surface area contributed by atoms with E-state index in [0.29, 0.717) is 17.9 Å². The Labute approximate surface area is 160 Å². The van der Waals surface area contributed by atoms with E-state index in [4.69, 9.17) is 0 Å². The maximum absolute atomic E-state index is 10.1. The molecule has 0 amide bonds. The highest BCUT2D eigenvalue weighted by Crippen LogP contribution is 2.45. The van der Waals surface area contributed by atoms with Crippen LogP contribution in [0.3, 0.4) is 0 Å². The summed E-state index contributed by atoms with van der Waals surface area (Å²) in [5, 5.41) is 14.5. The predicted molar refractivity (Wildman–Crippen MR) is 106 cm³/mol. The van der Waals surface area contributed by atoms with Crippen LogP contribution in [0.5, 0.6) is 0 Å². The number of hydrogen-bond donors (Lipinski definition) is 1. The zero-order valence-electron chi connectivity index (χ0n) is 15.4. The molecule has 1 N–H and O–H groups in total. The molecular formula is C21H29N3OS. The van der Waals surface area contributed by atoms with Crippen LogP contribution in [-0.4, -0.2) is 52.7 Å². The third kappa shape index (κ3) is 4.01. The first-order valence-electron chi connectivity index (χ1n) is 9.73. The number of thiophene rings is 1. The molecule has 2 aromatic heterocycles. The Morgan fingerprint density at radius 3 is 2.50 bits per heavy atom. The zero-order valence-corrected chi connectivity index (χ0v) is 16.2. The molecule has 0 aliphatic carbocycles. The molecule has 0 aromatic carbocycles. The molecule has 26 heavy (non-hydrogen) atoms. The SMILES string of the molecule is OCC1CN(Cc2ccsc2)CCC12CCN(Cc1cccnc1)CC2. The summed E-state index contributed by atoms with van der Waals surface area (Å²) < 4.78 is 0. The summed E-state index contributed by atoms with van der Waals surface area (Å²) in [6.45, 7) is 6.82. The van der Waals surface area contributed by atoms with Crippen molar-refractivity contribution in [2.75, 3.05) is 32.8 Å². The highest BCUT2D eigenvalue weighted by molar-refractivity contribution is 7.07. The molecule has 2 fully saturated rings. The smallest absolute Gasteiger partial charge is 0.0476 e. The topological polar surface area (TPSA) is 39.6 Å². The minimum Gasteiger partial charge on any atom is -0.396 e. The number of pyridine rings is 1. The van der Waals surface area contributed by atoms with Crippen LogP contribution in [-0.2, 0) is 13.1 Å². The molecule has 0 bridgehead atoms. The molecule has 4 nitrogen and oxygen atoms in total. The lowest BCUT2D eigenvalue weighted by atomic mass is 9.64. The Bertz CT molecular complexity index is 668. The van der Waals surface area contributed by atoms with Gasteiger partial charge in [-0.15, -0.1) is 0 Å². The minimum atomic E-state index is 0.322. The number of nitrogens with zero attached hydrogens (tertiary/aromatic N) is 3. The van der Waals surface area contributed by atoms with Crippen molar-refractivity contribution in [2.24, 2.45) is 11.3 Å². The van der Waals surface area contributed by atoms with Gasteiger partial charge in [-0.25, -0.2) is 0 Å². The monoisotopic (exact) mass is 371 g/mol. The summed E-state index contributed by atoms with van der Waals surface area (Å²) in [7, 11) is 0. The molecule has 2 aliphatic rings. The zero-order chi connectivity index (χ0) is 17.8. The summed E-state index contributed by atoms with van der Waals surface area (Å²) in [5.74, 6) is 0.412. The van der Waals surface area contributed by atoms with Crippen molar-refractivity contribution in [3.8, 4) is 0 Å². The van der Waals surface area contributed by atoms with E-state index < -0.39 is 0 Å². The molecule has 2 aliphatic heterocycles. The molecule has 140 valence electrons. The maximum atomic E-state index is 10.1. The molecule has 2 saturated heterocycles. The van der Waals surface area contributed by atoms with Crippen molar-refractivity contribution in [3.05, 3.63) is 52.5 Å². The Kier molecular flexibility index (Phi) is 5.69. The Balaban J connectivity index is 1.34. The van der Waals surface area contributed by atoms with Crippen LogP contribution >= 0.6 is 11.3 Å². The van der Waals surface area contributed by atoms with Crippen LogP contribution in [0.15, 0.2) is 41.4 Å². The quantitative estimate of drug-likeness (QED) is 0.876. The van der Waals surface area contributed by atoms with Crippen LogP contribution in [0.2, 0.25) is 0 Å². The molecule has 1 spiro atoms. The number of likely N-dealkylation sites (tertiary alicyclic amines) is 2. The second-order valence-electron chi connectivity index (χ2n) is 8.00. The lowest BCUT2D eigenvalue weighted by Gasteiger charge is -2.51. The van der Waals surface area contributed by atoms with Crippen molar-refractivity contribution in [1.29, 1.82) is 0 Å². The number of hydrogen-bond acceptors (Lipinski definition) is 5. The van der Waals surface area contributed by atoms with Gasteiger partial charge in [-0.3, -0.25) is 14.8 Å². The van der Waals surface area contributed by atoms with E-state index >= 15 is 0 Å². The van der Waals surface area contributed by atoms with Gasteiger partial charge in [-0.1, -0.05) is 6.07 Å². The fourth-order valence-electron chi connectivity index (χ4n) is 4.78. The highest BCUT2D eigenvalue weighted by Gasteiger charge is 2.44. The van der Waals surface area contributed by atoms with E-state index in [9.17, 15) is 5.11 Å². The summed E-state index contributed by atoms with van der Waals surface area (Å²) >= 11 is 1.77. The number of aliphatic hydroxyl groups is 1. The van der Waals surface area contributed by atoms with E-state index in [1.54, 1.807) is 11.3 Å². The molecule has 4 heterocycles. The van der Waals surface area contributed by atoms with Gasteiger partial charge in [-0.2, -0.15) is 11.3 Å². The standard InChI is InChI=1S/C21H29N3OS/c25-16-20-15-24(14-19-3-11-26-17-19)10-6-21(20)4-8-23(9-5-21)13-18-2-1-7-22-12-18/h1-3,7,11-12,17,20,25H,4-6,8-10,13-16H2. The Hall–Kier alpha value is -1.27. The summed E-state index contributed by atoms with van der Waals surface area (Å²) in [5.41, 5.74) is 3.05. The van der Waals surface area contributed by atoms with E-state index in [1.807, 2.05) is 18.5 Å². The van der Waals surface area contributed by atoms with Gasteiger partial charge in [0.25, 0.3) is 0 Å². The first-order valence-corrected chi connectivity index (χ1v) is 10.7. The average molecular weight is 372 g/mol. The normalized spacial score (nSPS) is 24.1. The second kappa shape index (κ2) is 8.17. The van der Waals surface area contributed by atoms with Crippen LogP contribution < -0.4 is 0 Å². The van der Waals surface area contributed by atoms with Gasteiger partial charge in [0, 0.05) is 44.6 Å². The molecule has 0 saturated carbocycles. The van der Waals surface area contributed by atoms with Crippen molar-refractivity contribution in [2.45, 2.75) is 32.4 Å². The number of aliphatic hydroxyl groups excluding tert-OH is 1. The summed E-state index contributed by atoms with van der Waals surface area (Å²) in [6.07, 6.45) is 7.47. The first kappa shape index (κ1) is 18.1. The fourth-order valence-corrected chi connectivity index (χ4v) is 5.44. The maximum Gasteiger partial charge on any atom is 0.0476 e. The fraction of sp³-hybridized carbons (Fsp3) is 0.571. The molecule has 1 unspecified atom stereocenters. The van der Waals surface area contributed by atoms with Crippen molar-refractivity contribution >= 4 is 11.3 Å². The highest BCUT2D eigenvalue weighted by atomic mass is 32.1. The van der Waals surface area contributed by atoms with Gasteiger partial charge in [0.2, 0.25) is 0 Å². The summed E-state index contributed by atoms with van der Waals surface area (Å²) in [4.78, 5) is 9.32. The van der Waals surface area contributed by atoms with Crippen molar-refractivity contribution < 1.29 is 5.11 Å². The van der Waals surface area contributed by atoms with Crippen LogP contribution in [0.1, 0.15) is 30.4 Å². The van der Waals surface area contributed by atoms with E-state index in [1.165, 1.54) is 30.4 Å². The van der Waals surface area contributed by atoms with Gasteiger partial charge >= 0.3 is 0 Å². The lowest BCUT2D eigenvalue weighted by Crippen LogP contribution is -2.53. The van der Waals surface area contributed by atoms with Gasteiger partial charge in [0.15, 0.2) is 0 Å². The summed E-state index contributed by atoms with van der Waals surface area (Å²) in [6, 6.07) is 6.41. The van der Waals surface area contributed by atoms with E-state index in [2.05, 4.69) is 37.7 Å². The Morgan fingerprint density at radius 1 is 1.08 bits per heavy atom. The van der Waals surface area contributed by atoms with Gasteiger partial charge < -0.3 is 5.11 Å². The number of piperidine rings is 2. The van der Waals surface area contributed by atoms with Crippen LogP contribution in [0.25, 0.3) is 0 Å². The van der Waals surface area contributed by atoms with Gasteiger partial charge in [0.05, 0.1) is 0 Å². The number of rotatable bonds is 5. The molecule has 2 aromatic rings. The molecule has 0 radical (unpaired) electrons. The largest absolute Gasteiger partial charge is 0.396 e.